The van der Waals surface area contributed by atoms with Crippen molar-refractivity contribution >= 4 is 33.0 Å². The summed E-state index contributed by atoms with van der Waals surface area (Å²) < 4.78 is 32.7. The molecule has 9 heteroatoms. The zero-order valence-electron chi connectivity index (χ0n) is 14.1. The molecule has 2 heterocycles. The van der Waals surface area contributed by atoms with Crippen LogP contribution in [0, 0.1) is 6.92 Å². The predicted molar refractivity (Wildman–Crippen MR) is 99.8 cm³/mol. The maximum atomic E-state index is 12.6. The number of ether oxygens (including phenoxy) is 1. The highest BCUT2D eigenvalue weighted by Crippen LogP contribution is 2.30. The zero-order chi connectivity index (χ0) is 18.7. The van der Waals surface area contributed by atoms with E-state index in [1.54, 1.807) is 19.1 Å². The fourth-order valence-electron chi connectivity index (χ4n) is 2.24. The lowest BCUT2D eigenvalue weighted by atomic mass is 10.2. The maximum absolute atomic E-state index is 12.6. The van der Waals surface area contributed by atoms with Crippen LogP contribution in [-0.2, 0) is 14.8 Å². The summed E-state index contributed by atoms with van der Waals surface area (Å²) in [6.45, 7) is 3.88. The van der Waals surface area contributed by atoms with Gasteiger partial charge < -0.3 is 4.74 Å². The number of nitrogens with one attached hydrogen (secondary N) is 2. The normalized spacial score (nSPS) is 11.3. The molecule has 7 nitrogen and oxygen atoms in total. The van der Waals surface area contributed by atoms with Crippen LogP contribution in [0.4, 0.5) is 5.69 Å². The molecule has 0 saturated heterocycles. The summed E-state index contributed by atoms with van der Waals surface area (Å²) in [7, 11) is -3.72. The third-order valence-electron chi connectivity index (χ3n) is 3.45. The van der Waals surface area contributed by atoms with Crippen LogP contribution in [0.3, 0.4) is 0 Å². The minimum absolute atomic E-state index is 0.183. The molecule has 0 amide bonds. The summed E-state index contributed by atoms with van der Waals surface area (Å²) in [5.74, 6) is -0.445. The van der Waals surface area contributed by atoms with E-state index < -0.39 is 16.0 Å². The number of sulfonamides is 1. The Labute approximate surface area is 155 Å². The van der Waals surface area contributed by atoms with Gasteiger partial charge in [-0.1, -0.05) is 0 Å². The van der Waals surface area contributed by atoms with Crippen LogP contribution < -0.4 is 4.72 Å². The van der Waals surface area contributed by atoms with Crippen LogP contribution in [0.2, 0.25) is 0 Å². The summed E-state index contributed by atoms with van der Waals surface area (Å²) in [6, 6.07) is 11.2. The number of carbonyl (C=O) groups excluding carboxylic acids is 1. The molecule has 0 aliphatic carbocycles. The van der Waals surface area contributed by atoms with Crippen molar-refractivity contribution in [3.05, 3.63) is 53.7 Å². The summed E-state index contributed by atoms with van der Waals surface area (Å²) >= 11 is 1.13. The number of hydrogen-bond acceptors (Lipinski definition) is 6. The second-order valence-electron chi connectivity index (χ2n) is 5.46. The van der Waals surface area contributed by atoms with Gasteiger partial charge >= 0.3 is 5.97 Å². The van der Waals surface area contributed by atoms with Gasteiger partial charge in [-0.3, -0.25) is 9.82 Å². The van der Waals surface area contributed by atoms with E-state index in [2.05, 4.69) is 14.9 Å². The number of hydrogen-bond donors (Lipinski definition) is 2. The molecule has 0 unspecified atom stereocenters. The van der Waals surface area contributed by atoms with Crippen molar-refractivity contribution in [3.63, 3.8) is 0 Å². The molecule has 1 aromatic carbocycles. The van der Waals surface area contributed by atoms with Gasteiger partial charge in [0.25, 0.3) is 10.0 Å². The molecule has 0 radical (unpaired) electrons. The van der Waals surface area contributed by atoms with Crippen LogP contribution >= 0.6 is 11.3 Å². The molecular weight excluding hydrogens is 374 g/mol. The zero-order valence-corrected chi connectivity index (χ0v) is 15.8. The Morgan fingerprint density at radius 1 is 1.23 bits per heavy atom. The lowest BCUT2D eigenvalue weighted by Crippen LogP contribution is -2.11. The summed E-state index contributed by atoms with van der Waals surface area (Å²) in [5, 5.41) is 6.97. The molecule has 0 atom stereocenters. The molecule has 0 aliphatic rings. The van der Waals surface area contributed by atoms with Gasteiger partial charge in [-0.05, 0) is 56.3 Å². The van der Waals surface area contributed by atoms with E-state index in [0.29, 0.717) is 16.9 Å². The molecule has 0 bridgehead atoms. The maximum Gasteiger partial charge on any atom is 0.338 e. The van der Waals surface area contributed by atoms with Crippen molar-refractivity contribution in [3.8, 4) is 10.6 Å². The molecule has 0 spiro atoms. The molecule has 3 rings (SSSR count). The number of H-pyrrole nitrogens is 1. The number of nitrogens with zero attached hydrogens (tertiary/aromatic N) is 1. The number of rotatable bonds is 6. The second-order valence-corrected chi connectivity index (χ2v) is 8.45. The van der Waals surface area contributed by atoms with Crippen molar-refractivity contribution in [1.82, 2.24) is 10.2 Å². The average molecular weight is 391 g/mol. The van der Waals surface area contributed by atoms with E-state index in [-0.39, 0.29) is 10.8 Å². The van der Waals surface area contributed by atoms with Crippen LogP contribution in [0.5, 0.6) is 0 Å². The molecule has 0 aliphatic heterocycles. The van der Waals surface area contributed by atoms with Gasteiger partial charge in [0, 0.05) is 11.4 Å². The van der Waals surface area contributed by atoms with Gasteiger partial charge in [0.15, 0.2) is 0 Å². The smallest absolute Gasteiger partial charge is 0.338 e. The van der Waals surface area contributed by atoms with Gasteiger partial charge in [0.1, 0.15) is 9.90 Å². The summed E-state index contributed by atoms with van der Waals surface area (Å²) in [6.07, 6.45) is 0. The number of aryl methyl sites for hydroxylation is 1. The van der Waals surface area contributed by atoms with Gasteiger partial charge in [0.05, 0.1) is 17.0 Å². The minimum atomic E-state index is -3.72. The lowest BCUT2D eigenvalue weighted by Gasteiger charge is -2.07. The first-order valence-corrected chi connectivity index (χ1v) is 10.1. The number of aromatic nitrogens is 2. The first kappa shape index (κ1) is 18.2. The SMILES string of the molecule is CCOC(=O)c1ccc(NS(=O)(=O)c2ccc(-c3cc(C)[nH]n3)s2)cc1. The Morgan fingerprint density at radius 3 is 2.58 bits per heavy atom. The Kier molecular flexibility index (Phi) is 5.10. The largest absolute Gasteiger partial charge is 0.462 e. The van der Waals surface area contributed by atoms with Crippen molar-refractivity contribution < 1.29 is 17.9 Å². The highest BCUT2D eigenvalue weighted by atomic mass is 32.2. The molecule has 136 valence electrons. The van der Waals surface area contributed by atoms with Crippen molar-refractivity contribution in [1.29, 1.82) is 0 Å². The fraction of sp³-hybridized carbons (Fsp3) is 0.176. The van der Waals surface area contributed by atoms with Crippen molar-refractivity contribution in [2.24, 2.45) is 0 Å². The second kappa shape index (κ2) is 7.30. The minimum Gasteiger partial charge on any atom is -0.462 e. The quantitative estimate of drug-likeness (QED) is 0.627. The van der Waals surface area contributed by atoms with Crippen LogP contribution in [-0.4, -0.2) is 31.2 Å². The Morgan fingerprint density at radius 2 is 1.96 bits per heavy atom. The molecule has 3 aromatic rings. The monoisotopic (exact) mass is 391 g/mol. The van der Waals surface area contributed by atoms with Gasteiger partial charge in [-0.25, -0.2) is 13.2 Å². The van der Waals surface area contributed by atoms with Gasteiger partial charge in [-0.2, -0.15) is 5.10 Å². The highest BCUT2D eigenvalue weighted by Gasteiger charge is 2.18. The average Bonchev–Trinajstić information content (AvgIpc) is 3.24. The van der Waals surface area contributed by atoms with E-state index in [4.69, 9.17) is 4.74 Å². The summed E-state index contributed by atoms with van der Waals surface area (Å²) in [5.41, 5.74) is 2.33. The summed E-state index contributed by atoms with van der Waals surface area (Å²) in [4.78, 5) is 12.4. The number of esters is 1. The van der Waals surface area contributed by atoms with Crippen molar-refractivity contribution in [2.75, 3.05) is 11.3 Å². The first-order valence-electron chi connectivity index (χ1n) is 7.81. The van der Waals surface area contributed by atoms with E-state index in [0.717, 1.165) is 21.9 Å². The topological polar surface area (TPSA) is 101 Å². The van der Waals surface area contributed by atoms with Gasteiger partial charge in [0.2, 0.25) is 0 Å². The number of anilines is 1. The number of benzene rings is 1. The Bertz CT molecular complexity index is 1020. The molecule has 2 aromatic heterocycles. The molecular formula is C17H17N3O4S2. The lowest BCUT2D eigenvalue weighted by molar-refractivity contribution is 0.0526. The Balaban J connectivity index is 1.77. The first-order chi connectivity index (χ1) is 12.4. The number of carbonyl (C=O) groups is 1. The van der Waals surface area contributed by atoms with Gasteiger partial charge in [-0.15, -0.1) is 11.3 Å². The molecule has 2 N–H and O–H groups in total. The third-order valence-corrected chi connectivity index (χ3v) is 6.43. The standard InChI is InChI=1S/C17H17N3O4S2/c1-3-24-17(21)12-4-6-13(7-5-12)20-26(22,23)16-9-8-15(25-16)14-10-11(2)18-19-14/h4-10,20H,3H2,1-2H3,(H,18,19). The highest BCUT2D eigenvalue weighted by molar-refractivity contribution is 7.94. The third kappa shape index (κ3) is 3.94. The van der Waals surface area contributed by atoms with Crippen LogP contribution in [0.15, 0.2) is 46.7 Å². The van der Waals surface area contributed by atoms with Crippen LogP contribution in [0.25, 0.3) is 10.6 Å². The predicted octanol–water partition coefficient (Wildman–Crippen LogP) is 3.42. The van der Waals surface area contributed by atoms with E-state index in [1.165, 1.54) is 24.3 Å². The number of aromatic amines is 1. The molecule has 0 saturated carbocycles. The van der Waals surface area contributed by atoms with E-state index in [1.807, 2.05) is 13.0 Å². The van der Waals surface area contributed by atoms with E-state index >= 15 is 0 Å². The fourth-order valence-corrected chi connectivity index (χ4v) is 4.57. The molecule has 26 heavy (non-hydrogen) atoms. The van der Waals surface area contributed by atoms with Crippen LogP contribution in [0.1, 0.15) is 23.0 Å². The Hall–Kier alpha value is -2.65. The van der Waals surface area contributed by atoms with Crippen molar-refractivity contribution in [2.45, 2.75) is 18.1 Å². The number of thiophene rings is 1. The molecule has 0 fully saturated rings. The van der Waals surface area contributed by atoms with E-state index in [9.17, 15) is 13.2 Å².